The third-order valence-electron chi connectivity index (χ3n) is 3.74. The number of carbonyl (C=O) groups is 2. The molecular formula is C17H18O7. The molecule has 0 radical (unpaired) electrons. The molecule has 1 aliphatic rings. The number of aliphatic hydroxyl groups excluding tert-OH is 1. The largest absolute Gasteiger partial charge is 0.515 e. The smallest absolute Gasteiger partial charge is 0.340 e. The summed E-state index contributed by atoms with van der Waals surface area (Å²) in [7, 11) is 1.35. The van der Waals surface area contributed by atoms with Crippen molar-refractivity contribution in [2.45, 2.75) is 26.7 Å². The zero-order valence-electron chi connectivity index (χ0n) is 13.7. The van der Waals surface area contributed by atoms with Gasteiger partial charge in [0, 0.05) is 17.6 Å². The summed E-state index contributed by atoms with van der Waals surface area (Å²) in [5.41, 5.74) is 0.488. The summed E-state index contributed by atoms with van der Waals surface area (Å²) in [4.78, 5) is 36.0. The monoisotopic (exact) mass is 334 g/mol. The van der Waals surface area contributed by atoms with E-state index in [4.69, 9.17) is 13.9 Å². The Bertz CT molecular complexity index is 796. The highest BCUT2D eigenvalue weighted by Gasteiger charge is 2.27. The first-order valence-electron chi connectivity index (χ1n) is 7.37. The van der Waals surface area contributed by atoms with Crippen molar-refractivity contribution in [3.63, 3.8) is 0 Å². The van der Waals surface area contributed by atoms with Gasteiger partial charge >= 0.3 is 11.6 Å². The quantitative estimate of drug-likeness (QED) is 0.662. The summed E-state index contributed by atoms with van der Waals surface area (Å²) in [6.45, 7) is 3.51. The van der Waals surface area contributed by atoms with E-state index in [1.165, 1.54) is 13.2 Å². The van der Waals surface area contributed by atoms with Crippen LogP contribution in [-0.4, -0.2) is 30.6 Å². The lowest BCUT2D eigenvalue weighted by molar-refractivity contribution is -0.142. The number of fused-ring (bicyclic) bond motifs is 1. The first kappa shape index (κ1) is 17.5. The third kappa shape index (κ3) is 3.24. The molecule has 1 heterocycles. The van der Waals surface area contributed by atoms with E-state index in [0.29, 0.717) is 11.1 Å². The van der Waals surface area contributed by atoms with Crippen molar-refractivity contribution in [1.82, 2.24) is 0 Å². The molecule has 0 saturated heterocycles. The SMILES string of the molecule is CCOC(=O)Cc1c(C)c2c(oc1=O)C(=CO)CC(=O)C(OC)=C2. The number of ether oxygens (including phenoxy) is 2. The Hall–Kier alpha value is -2.83. The number of rotatable bonds is 4. The number of carbonyl (C=O) groups excluding carboxylic acids is 2. The molecule has 128 valence electrons. The van der Waals surface area contributed by atoms with Gasteiger partial charge in [0.25, 0.3) is 0 Å². The van der Waals surface area contributed by atoms with Gasteiger partial charge in [-0.1, -0.05) is 0 Å². The van der Waals surface area contributed by atoms with Crippen LogP contribution in [0.1, 0.15) is 35.8 Å². The molecule has 1 aromatic heterocycles. The molecular weight excluding hydrogens is 316 g/mol. The predicted molar refractivity (Wildman–Crippen MR) is 85.3 cm³/mol. The van der Waals surface area contributed by atoms with Crippen molar-refractivity contribution < 1.29 is 28.6 Å². The Morgan fingerprint density at radius 3 is 2.71 bits per heavy atom. The molecule has 0 saturated carbocycles. The van der Waals surface area contributed by atoms with Gasteiger partial charge in [-0.25, -0.2) is 4.79 Å². The number of hydrogen-bond donors (Lipinski definition) is 1. The fourth-order valence-corrected chi connectivity index (χ4v) is 2.50. The number of ketones is 1. The van der Waals surface area contributed by atoms with Gasteiger partial charge in [0.1, 0.15) is 5.76 Å². The maximum Gasteiger partial charge on any atom is 0.340 e. The van der Waals surface area contributed by atoms with Gasteiger partial charge in [-0.05, 0) is 25.5 Å². The lowest BCUT2D eigenvalue weighted by atomic mass is 9.99. The molecule has 0 spiro atoms. The maximum absolute atomic E-state index is 12.2. The second kappa shape index (κ2) is 7.16. The first-order valence-corrected chi connectivity index (χ1v) is 7.37. The highest BCUT2D eigenvalue weighted by Crippen LogP contribution is 2.31. The number of esters is 1. The van der Waals surface area contributed by atoms with E-state index in [1.807, 2.05) is 0 Å². The minimum absolute atomic E-state index is 0.0760. The van der Waals surface area contributed by atoms with E-state index in [-0.39, 0.29) is 47.9 Å². The number of aliphatic hydroxyl groups is 1. The van der Waals surface area contributed by atoms with Crippen molar-refractivity contribution in [3.05, 3.63) is 44.9 Å². The van der Waals surface area contributed by atoms with Crippen molar-refractivity contribution in [3.8, 4) is 0 Å². The van der Waals surface area contributed by atoms with Crippen LogP contribution in [0, 0.1) is 6.92 Å². The molecule has 1 aliphatic carbocycles. The zero-order chi connectivity index (χ0) is 17.9. The van der Waals surface area contributed by atoms with Crippen molar-refractivity contribution >= 4 is 23.4 Å². The van der Waals surface area contributed by atoms with E-state index in [0.717, 1.165) is 6.26 Å². The summed E-state index contributed by atoms with van der Waals surface area (Å²) in [6.07, 6.45) is 1.78. The van der Waals surface area contributed by atoms with Crippen LogP contribution in [0.4, 0.5) is 0 Å². The van der Waals surface area contributed by atoms with Crippen LogP contribution in [-0.2, 0) is 25.5 Å². The molecule has 1 aromatic rings. The topological polar surface area (TPSA) is 103 Å². The molecule has 0 aliphatic heterocycles. The second-order valence-corrected chi connectivity index (χ2v) is 5.18. The van der Waals surface area contributed by atoms with Gasteiger partial charge in [-0.3, -0.25) is 9.59 Å². The molecule has 0 fully saturated rings. The van der Waals surface area contributed by atoms with Crippen molar-refractivity contribution in [1.29, 1.82) is 0 Å². The first-order chi connectivity index (χ1) is 11.4. The van der Waals surface area contributed by atoms with E-state index in [2.05, 4.69) is 0 Å². The summed E-state index contributed by atoms with van der Waals surface area (Å²) in [5.74, 6) is -0.741. The van der Waals surface area contributed by atoms with Crippen LogP contribution < -0.4 is 5.63 Å². The van der Waals surface area contributed by atoms with Gasteiger partial charge in [-0.2, -0.15) is 0 Å². The third-order valence-corrected chi connectivity index (χ3v) is 3.74. The summed E-state index contributed by atoms with van der Waals surface area (Å²) < 4.78 is 15.2. The molecule has 7 nitrogen and oxygen atoms in total. The zero-order valence-corrected chi connectivity index (χ0v) is 13.7. The molecule has 1 N–H and O–H groups in total. The number of Topliss-reactive ketones (excluding diaryl/α,β-unsaturated/α-hetero) is 1. The van der Waals surface area contributed by atoms with Gasteiger partial charge in [0.15, 0.2) is 5.76 Å². The average Bonchev–Trinajstić information content (AvgIpc) is 2.68. The highest BCUT2D eigenvalue weighted by molar-refractivity contribution is 6.05. The van der Waals surface area contributed by atoms with Gasteiger partial charge in [-0.15, -0.1) is 0 Å². The summed E-state index contributed by atoms with van der Waals surface area (Å²) in [5, 5.41) is 9.39. The molecule has 0 atom stereocenters. The molecule has 7 heteroatoms. The fraction of sp³-hybridized carbons (Fsp3) is 0.353. The normalized spacial score (nSPS) is 15.5. The van der Waals surface area contributed by atoms with Crippen LogP contribution in [0.15, 0.2) is 21.2 Å². The van der Waals surface area contributed by atoms with E-state index < -0.39 is 11.6 Å². The lowest BCUT2D eigenvalue weighted by Crippen LogP contribution is -2.19. The Balaban J connectivity index is 2.66. The van der Waals surface area contributed by atoms with E-state index in [9.17, 15) is 19.5 Å². The van der Waals surface area contributed by atoms with Crippen molar-refractivity contribution in [2.75, 3.05) is 13.7 Å². The Morgan fingerprint density at radius 2 is 2.12 bits per heavy atom. The predicted octanol–water partition coefficient (Wildman–Crippen LogP) is 1.91. The Morgan fingerprint density at radius 1 is 1.42 bits per heavy atom. The van der Waals surface area contributed by atoms with Crippen LogP contribution in [0.3, 0.4) is 0 Å². The minimum Gasteiger partial charge on any atom is -0.515 e. The lowest BCUT2D eigenvalue weighted by Gasteiger charge is -2.11. The average molecular weight is 334 g/mol. The molecule has 2 rings (SSSR count). The molecule has 0 bridgehead atoms. The number of methoxy groups -OCH3 is 1. The maximum atomic E-state index is 12.2. The van der Waals surface area contributed by atoms with Gasteiger partial charge in [0.05, 0.1) is 32.0 Å². The molecule has 0 unspecified atom stereocenters. The van der Waals surface area contributed by atoms with Crippen LogP contribution in [0.5, 0.6) is 0 Å². The second-order valence-electron chi connectivity index (χ2n) is 5.18. The number of allylic oxidation sites excluding steroid dienone is 2. The van der Waals surface area contributed by atoms with Crippen molar-refractivity contribution in [2.24, 2.45) is 0 Å². The van der Waals surface area contributed by atoms with Gasteiger partial charge in [0.2, 0.25) is 5.78 Å². The Labute approximate surface area is 138 Å². The molecule has 0 aromatic carbocycles. The molecule has 0 amide bonds. The number of hydrogen-bond acceptors (Lipinski definition) is 7. The highest BCUT2D eigenvalue weighted by atomic mass is 16.5. The standard InChI is InChI=1S/C17H18O7/c1-4-23-15(20)7-12-9(2)11-6-14(22-3)13(19)5-10(8-18)16(11)24-17(12)21/h6,8,18H,4-5,7H2,1-3H3. The van der Waals surface area contributed by atoms with Gasteiger partial charge < -0.3 is 19.0 Å². The Kier molecular flexibility index (Phi) is 5.23. The fourth-order valence-electron chi connectivity index (χ4n) is 2.50. The van der Waals surface area contributed by atoms with Crippen LogP contribution >= 0.6 is 0 Å². The van der Waals surface area contributed by atoms with Crippen LogP contribution in [0.2, 0.25) is 0 Å². The minimum atomic E-state index is -0.708. The summed E-state index contributed by atoms with van der Waals surface area (Å²) >= 11 is 0. The molecule has 24 heavy (non-hydrogen) atoms. The van der Waals surface area contributed by atoms with E-state index in [1.54, 1.807) is 13.8 Å². The van der Waals surface area contributed by atoms with E-state index >= 15 is 0 Å². The van der Waals surface area contributed by atoms with Crippen LogP contribution in [0.25, 0.3) is 11.6 Å². The summed E-state index contributed by atoms with van der Waals surface area (Å²) in [6, 6.07) is 0.